The van der Waals surface area contributed by atoms with Crippen LogP contribution in [0.15, 0.2) is 48.6 Å². The van der Waals surface area contributed by atoms with E-state index in [4.69, 9.17) is 11.6 Å². The standard InChI is InChI=1S/C17H14ClF3N6/c1-26-9-13(17(19,20)21)24-14(26)11-4-2-10(3-5-11)8-27-15-12(7-23-27)6-22-16(18)25-15/h2-7,9,14,24H,8H2,1H3. The molecule has 4 rings (SSSR count). The lowest BCUT2D eigenvalue weighted by Gasteiger charge is -2.22. The van der Waals surface area contributed by atoms with Gasteiger partial charge in [0.1, 0.15) is 11.9 Å². The second-order valence-corrected chi connectivity index (χ2v) is 6.55. The highest BCUT2D eigenvalue weighted by Gasteiger charge is 2.39. The zero-order valence-corrected chi connectivity index (χ0v) is 14.8. The van der Waals surface area contributed by atoms with E-state index < -0.39 is 18.0 Å². The van der Waals surface area contributed by atoms with Gasteiger partial charge in [-0.05, 0) is 22.7 Å². The average Bonchev–Trinajstić information content (AvgIpc) is 3.19. The van der Waals surface area contributed by atoms with Crippen molar-refractivity contribution >= 4 is 22.6 Å². The smallest absolute Gasteiger partial charge is 0.356 e. The van der Waals surface area contributed by atoms with Crippen LogP contribution in [-0.4, -0.2) is 37.9 Å². The summed E-state index contributed by atoms with van der Waals surface area (Å²) in [5.74, 6) is 0. The Morgan fingerprint density at radius 2 is 1.93 bits per heavy atom. The molecule has 3 aromatic rings. The van der Waals surface area contributed by atoms with Gasteiger partial charge < -0.3 is 10.2 Å². The zero-order chi connectivity index (χ0) is 19.2. The minimum absolute atomic E-state index is 0.142. The van der Waals surface area contributed by atoms with Crippen LogP contribution < -0.4 is 5.32 Å². The molecule has 1 N–H and O–H groups in total. The number of halogens is 4. The lowest BCUT2D eigenvalue weighted by Crippen LogP contribution is -2.28. The maximum absolute atomic E-state index is 12.9. The van der Waals surface area contributed by atoms with Crippen molar-refractivity contribution in [2.75, 3.05) is 7.05 Å². The van der Waals surface area contributed by atoms with E-state index in [1.165, 1.54) is 4.90 Å². The Kier molecular flexibility index (Phi) is 4.18. The highest BCUT2D eigenvalue weighted by Crippen LogP contribution is 2.33. The quantitative estimate of drug-likeness (QED) is 0.689. The van der Waals surface area contributed by atoms with Gasteiger partial charge in [0.05, 0.1) is 18.1 Å². The Hall–Kier alpha value is -2.81. The number of benzene rings is 1. The van der Waals surface area contributed by atoms with Gasteiger partial charge >= 0.3 is 6.18 Å². The first-order valence-corrected chi connectivity index (χ1v) is 8.39. The molecule has 0 fully saturated rings. The number of hydrogen-bond acceptors (Lipinski definition) is 5. The number of nitrogens with one attached hydrogen (secondary N) is 1. The predicted octanol–water partition coefficient (Wildman–Crippen LogP) is 3.47. The van der Waals surface area contributed by atoms with E-state index in [-0.39, 0.29) is 5.28 Å². The molecule has 0 aliphatic carbocycles. The third-order valence-electron chi connectivity index (χ3n) is 4.31. The summed E-state index contributed by atoms with van der Waals surface area (Å²) < 4.78 is 40.3. The summed E-state index contributed by atoms with van der Waals surface area (Å²) in [5, 5.41) is 7.71. The summed E-state index contributed by atoms with van der Waals surface area (Å²) in [6.07, 6.45) is -0.635. The van der Waals surface area contributed by atoms with Gasteiger partial charge in [-0.2, -0.15) is 23.3 Å². The van der Waals surface area contributed by atoms with Gasteiger partial charge in [-0.15, -0.1) is 0 Å². The molecule has 27 heavy (non-hydrogen) atoms. The van der Waals surface area contributed by atoms with E-state index in [0.29, 0.717) is 12.2 Å². The first-order chi connectivity index (χ1) is 12.8. The molecule has 0 bridgehead atoms. The van der Waals surface area contributed by atoms with Crippen LogP contribution in [0.2, 0.25) is 5.28 Å². The molecule has 1 aliphatic heterocycles. The van der Waals surface area contributed by atoms with Crippen molar-refractivity contribution in [1.82, 2.24) is 30.0 Å². The molecule has 0 radical (unpaired) electrons. The fourth-order valence-corrected chi connectivity index (χ4v) is 3.11. The Morgan fingerprint density at radius 1 is 1.19 bits per heavy atom. The van der Waals surface area contributed by atoms with Crippen LogP contribution in [0.3, 0.4) is 0 Å². The third kappa shape index (κ3) is 3.42. The number of allylic oxidation sites excluding steroid dienone is 1. The Balaban J connectivity index is 1.52. The highest BCUT2D eigenvalue weighted by atomic mass is 35.5. The van der Waals surface area contributed by atoms with Gasteiger partial charge in [0.15, 0.2) is 5.65 Å². The van der Waals surface area contributed by atoms with Gasteiger partial charge in [0.25, 0.3) is 0 Å². The van der Waals surface area contributed by atoms with Crippen molar-refractivity contribution in [3.63, 3.8) is 0 Å². The van der Waals surface area contributed by atoms with Crippen molar-refractivity contribution in [3.8, 4) is 0 Å². The van der Waals surface area contributed by atoms with Crippen molar-refractivity contribution in [3.05, 3.63) is 65.0 Å². The van der Waals surface area contributed by atoms with E-state index >= 15 is 0 Å². The van der Waals surface area contributed by atoms with Crippen molar-refractivity contribution in [1.29, 1.82) is 0 Å². The van der Waals surface area contributed by atoms with Crippen molar-refractivity contribution < 1.29 is 13.2 Å². The number of nitrogens with zero attached hydrogens (tertiary/aromatic N) is 5. The van der Waals surface area contributed by atoms with Gasteiger partial charge in [-0.1, -0.05) is 24.3 Å². The molecule has 0 saturated carbocycles. The summed E-state index contributed by atoms with van der Waals surface area (Å²) >= 11 is 5.84. The molecule has 1 unspecified atom stereocenters. The zero-order valence-electron chi connectivity index (χ0n) is 14.1. The Labute approximate surface area is 157 Å². The lowest BCUT2D eigenvalue weighted by molar-refractivity contribution is -0.0963. The molecular formula is C17H14ClF3N6. The molecule has 1 aromatic carbocycles. The Morgan fingerprint density at radius 3 is 2.59 bits per heavy atom. The van der Waals surface area contributed by atoms with Gasteiger partial charge in [-0.25, -0.2) is 9.67 Å². The van der Waals surface area contributed by atoms with Crippen LogP contribution >= 0.6 is 11.6 Å². The largest absolute Gasteiger partial charge is 0.432 e. The maximum atomic E-state index is 12.9. The van der Waals surface area contributed by atoms with E-state index in [1.807, 2.05) is 12.1 Å². The van der Waals surface area contributed by atoms with Gasteiger partial charge in [0.2, 0.25) is 5.28 Å². The minimum atomic E-state index is -4.40. The molecular weight excluding hydrogens is 381 g/mol. The molecule has 10 heteroatoms. The topological polar surface area (TPSA) is 58.9 Å². The highest BCUT2D eigenvalue weighted by molar-refractivity contribution is 6.28. The number of aromatic nitrogens is 4. The van der Waals surface area contributed by atoms with Crippen LogP contribution in [0.25, 0.3) is 11.0 Å². The molecule has 0 amide bonds. The SMILES string of the molecule is CN1C=C(C(F)(F)F)NC1c1ccc(Cn2ncc3cnc(Cl)nc32)cc1. The van der Waals surface area contributed by atoms with E-state index in [2.05, 4.69) is 20.4 Å². The van der Waals surface area contributed by atoms with Gasteiger partial charge in [-0.3, -0.25) is 0 Å². The molecule has 6 nitrogen and oxygen atoms in total. The first-order valence-electron chi connectivity index (χ1n) is 8.01. The third-order valence-corrected chi connectivity index (χ3v) is 4.49. The van der Waals surface area contributed by atoms with Gasteiger partial charge in [0, 0.05) is 19.4 Å². The van der Waals surface area contributed by atoms with Crippen molar-refractivity contribution in [2.45, 2.75) is 18.9 Å². The number of fused-ring (bicyclic) bond motifs is 1. The van der Waals surface area contributed by atoms with E-state index in [1.54, 1.807) is 36.3 Å². The van der Waals surface area contributed by atoms with Crippen LogP contribution in [0.1, 0.15) is 17.3 Å². The summed E-state index contributed by atoms with van der Waals surface area (Å²) in [4.78, 5) is 9.59. The summed E-state index contributed by atoms with van der Waals surface area (Å²) in [6, 6.07) is 7.30. The summed E-state index contributed by atoms with van der Waals surface area (Å²) in [6.45, 7) is 0.455. The lowest BCUT2D eigenvalue weighted by atomic mass is 10.1. The Bertz CT molecular complexity index is 1010. The van der Waals surface area contributed by atoms with E-state index in [0.717, 1.165) is 22.7 Å². The molecule has 1 aliphatic rings. The summed E-state index contributed by atoms with van der Waals surface area (Å²) in [7, 11) is 1.60. The maximum Gasteiger partial charge on any atom is 0.432 e. The number of alkyl halides is 3. The normalized spacial score (nSPS) is 17.3. The van der Waals surface area contributed by atoms with Crippen molar-refractivity contribution in [2.24, 2.45) is 0 Å². The fraction of sp³-hybridized carbons (Fsp3) is 0.235. The monoisotopic (exact) mass is 394 g/mol. The van der Waals surface area contributed by atoms with Crippen LogP contribution in [-0.2, 0) is 6.54 Å². The molecule has 1 atom stereocenters. The second-order valence-electron chi connectivity index (χ2n) is 6.21. The molecule has 140 valence electrons. The van der Waals surface area contributed by atoms with Crippen LogP contribution in [0.4, 0.5) is 13.2 Å². The number of hydrogen-bond donors (Lipinski definition) is 1. The second kappa shape index (κ2) is 6.41. The average molecular weight is 395 g/mol. The predicted molar refractivity (Wildman–Crippen MR) is 93.7 cm³/mol. The molecule has 0 spiro atoms. The van der Waals surface area contributed by atoms with E-state index in [9.17, 15) is 13.2 Å². The molecule has 3 heterocycles. The molecule has 2 aromatic heterocycles. The minimum Gasteiger partial charge on any atom is -0.356 e. The summed E-state index contributed by atoms with van der Waals surface area (Å²) in [5.41, 5.74) is 1.53. The number of rotatable bonds is 3. The first kappa shape index (κ1) is 17.6. The van der Waals surface area contributed by atoms with Crippen LogP contribution in [0.5, 0.6) is 0 Å². The fourth-order valence-electron chi connectivity index (χ4n) is 2.98. The van der Waals surface area contributed by atoms with Crippen LogP contribution in [0, 0.1) is 0 Å². The molecule has 0 saturated heterocycles.